The Bertz CT molecular complexity index is 1170. The van der Waals surface area contributed by atoms with Gasteiger partial charge in [0.15, 0.2) is 0 Å². The van der Waals surface area contributed by atoms with Crippen LogP contribution in [0.2, 0.25) is 0 Å². The summed E-state index contributed by atoms with van der Waals surface area (Å²) in [6, 6.07) is 10.1. The molecule has 3 heterocycles. The van der Waals surface area contributed by atoms with Crippen LogP contribution in [0.3, 0.4) is 0 Å². The summed E-state index contributed by atoms with van der Waals surface area (Å²) in [6.07, 6.45) is 0.808. The summed E-state index contributed by atoms with van der Waals surface area (Å²) in [4.78, 5) is 28.9. The van der Waals surface area contributed by atoms with E-state index in [1.165, 1.54) is 12.1 Å². The van der Waals surface area contributed by atoms with Crippen LogP contribution in [0.5, 0.6) is 0 Å². The molecule has 34 heavy (non-hydrogen) atoms. The van der Waals surface area contributed by atoms with Gasteiger partial charge < -0.3 is 5.32 Å². The summed E-state index contributed by atoms with van der Waals surface area (Å²) < 4.78 is 15.4. The first kappa shape index (κ1) is 24.5. The van der Waals surface area contributed by atoms with E-state index in [0.29, 0.717) is 18.1 Å². The third-order valence-corrected chi connectivity index (χ3v) is 7.87. The zero-order chi connectivity index (χ0) is 24.5. The summed E-state index contributed by atoms with van der Waals surface area (Å²) >= 11 is 3.20. The molecule has 4 rings (SSSR count). The molecule has 0 saturated carbocycles. The van der Waals surface area contributed by atoms with Crippen molar-refractivity contribution in [2.24, 2.45) is 0 Å². The number of thiophene rings is 1. The minimum Gasteiger partial charge on any atom is -0.355 e. The molecule has 1 N–H and O–H groups in total. The molecule has 0 saturated heterocycles. The number of carbonyl (C=O) groups excluding carboxylic acids is 2. The largest absolute Gasteiger partial charge is 0.355 e. The molecule has 1 atom stereocenters. The van der Waals surface area contributed by atoms with E-state index in [2.05, 4.69) is 32.2 Å². The van der Waals surface area contributed by atoms with Crippen molar-refractivity contribution in [3.05, 3.63) is 63.7 Å². The highest BCUT2D eigenvalue weighted by Crippen LogP contribution is 2.49. The highest BCUT2D eigenvalue weighted by molar-refractivity contribution is 8.00. The van der Waals surface area contributed by atoms with Gasteiger partial charge in [0.05, 0.1) is 22.4 Å². The summed E-state index contributed by atoms with van der Waals surface area (Å²) in [5.41, 5.74) is 2.09. The first-order valence-electron chi connectivity index (χ1n) is 11.3. The highest BCUT2D eigenvalue weighted by Gasteiger charge is 2.40. The van der Waals surface area contributed by atoms with Gasteiger partial charge in [-0.25, -0.2) is 9.07 Å². The third kappa shape index (κ3) is 4.90. The van der Waals surface area contributed by atoms with E-state index in [9.17, 15) is 14.0 Å². The second-order valence-electron chi connectivity index (χ2n) is 9.26. The topological polar surface area (TPSA) is 67.2 Å². The third-order valence-electron chi connectivity index (χ3n) is 5.55. The molecular weight excluding hydrogens is 471 g/mol. The van der Waals surface area contributed by atoms with Crippen molar-refractivity contribution in [2.75, 3.05) is 23.7 Å². The van der Waals surface area contributed by atoms with Gasteiger partial charge in [-0.05, 0) is 42.1 Å². The SMILES string of the molecule is CCCNC(=O)CN1C(=O)CS[C@H](c2cccs2)c2c(C(C)(C)C)nn(-c3ccc(F)cc3)c21. The fraction of sp³-hybridized carbons (Fsp3) is 0.400. The van der Waals surface area contributed by atoms with Crippen molar-refractivity contribution in [2.45, 2.75) is 44.8 Å². The predicted molar refractivity (Wildman–Crippen MR) is 136 cm³/mol. The Hall–Kier alpha value is -2.65. The minimum absolute atomic E-state index is 0.0972. The van der Waals surface area contributed by atoms with Crippen LogP contribution in [0.25, 0.3) is 5.69 Å². The van der Waals surface area contributed by atoms with E-state index >= 15 is 0 Å². The quantitative estimate of drug-likeness (QED) is 0.513. The molecule has 1 aliphatic heterocycles. The van der Waals surface area contributed by atoms with E-state index in [0.717, 1.165) is 22.6 Å². The molecule has 1 aliphatic rings. The minimum atomic E-state index is -0.350. The van der Waals surface area contributed by atoms with E-state index in [4.69, 9.17) is 5.10 Å². The van der Waals surface area contributed by atoms with Gasteiger partial charge in [-0.3, -0.25) is 14.5 Å². The number of hydrogen-bond donors (Lipinski definition) is 1. The lowest BCUT2D eigenvalue weighted by atomic mass is 9.88. The van der Waals surface area contributed by atoms with Crippen molar-refractivity contribution >= 4 is 40.7 Å². The normalized spacial score (nSPS) is 16.3. The van der Waals surface area contributed by atoms with Crippen molar-refractivity contribution < 1.29 is 14.0 Å². The fourth-order valence-electron chi connectivity index (χ4n) is 3.96. The van der Waals surface area contributed by atoms with E-state index in [1.54, 1.807) is 44.8 Å². The Balaban J connectivity index is 1.97. The van der Waals surface area contributed by atoms with E-state index < -0.39 is 0 Å². The van der Waals surface area contributed by atoms with Crippen LogP contribution in [0.4, 0.5) is 10.2 Å². The number of halogens is 1. The van der Waals surface area contributed by atoms with Gasteiger partial charge in [-0.15, -0.1) is 23.1 Å². The first-order valence-corrected chi connectivity index (χ1v) is 13.2. The van der Waals surface area contributed by atoms with Crippen LogP contribution in [0.1, 0.15) is 55.5 Å². The zero-order valence-electron chi connectivity index (χ0n) is 19.8. The molecule has 1 aromatic carbocycles. The van der Waals surface area contributed by atoms with Crippen LogP contribution in [0.15, 0.2) is 41.8 Å². The Morgan fingerprint density at radius 2 is 1.97 bits per heavy atom. The standard InChI is InChI=1S/C25H29FN4O2S2/c1-5-12-27-19(31)14-29-20(32)15-34-22(18-7-6-13-33-18)21-23(25(2,3)4)28-30(24(21)29)17-10-8-16(26)9-11-17/h6-11,13,22H,5,12,14-15H2,1-4H3,(H,27,31)/t22-/m1/s1. The maximum Gasteiger partial charge on any atom is 0.240 e. The zero-order valence-corrected chi connectivity index (χ0v) is 21.4. The molecule has 180 valence electrons. The molecule has 0 aliphatic carbocycles. The van der Waals surface area contributed by atoms with Crippen molar-refractivity contribution in [3.63, 3.8) is 0 Å². The number of fused-ring (bicyclic) bond motifs is 1. The monoisotopic (exact) mass is 500 g/mol. The molecule has 2 aromatic heterocycles. The molecule has 3 aromatic rings. The molecule has 0 unspecified atom stereocenters. The van der Waals surface area contributed by atoms with Crippen LogP contribution in [-0.4, -0.2) is 40.4 Å². The second-order valence-corrected chi connectivity index (χ2v) is 11.3. The smallest absolute Gasteiger partial charge is 0.240 e. The lowest BCUT2D eigenvalue weighted by molar-refractivity contribution is -0.122. The molecular formula is C25H29FN4O2S2. The Labute approximate surface area is 207 Å². The van der Waals surface area contributed by atoms with Crippen LogP contribution in [0, 0.1) is 5.82 Å². The first-order chi connectivity index (χ1) is 16.2. The highest BCUT2D eigenvalue weighted by atomic mass is 32.2. The number of rotatable bonds is 6. The molecule has 0 bridgehead atoms. The lowest BCUT2D eigenvalue weighted by Gasteiger charge is -2.24. The molecule has 6 nitrogen and oxygen atoms in total. The molecule has 0 fully saturated rings. The van der Waals surface area contributed by atoms with Crippen LogP contribution < -0.4 is 10.2 Å². The van der Waals surface area contributed by atoms with E-state index in [-0.39, 0.29) is 40.6 Å². The maximum atomic E-state index is 13.7. The summed E-state index contributed by atoms with van der Waals surface area (Å²) in [7, 11) is 0. The van der Waals surface area contributed by atoms with Gasteiger partial charge in [0.25, 0.3) is 0 Å². The van der Waals surface area contributed by atoms with Crippen molar-refractivity contribution in [3.8, 4) is 5.69 Å². The van der Waals surface area contributed by atoms with Gasteiger partial charge >= 0.3 is 0 Å². The van der Waals surface area contributed by atoms with Gasteiger partial charge in [-0.1, -0.05) is 33.8 Å². The molecule has 0 radical (unpaired) electrons. The summed E-state index contributed by atoms with van der Waals surface area (Å²) in [6.45, 7) is 8.70. The average molecular weight is 501 g/mol. The number of carbonyl (C=O) groups is 2. The Morgan fingerprint density at radius 1 is 1.24 bits per heavy atom. The van der Waals surface area contributed by atoms with Gasteiger partial charge in [0, 0.05) is 22.4 Å². The van der Waals surface area contributed by atoms with Gasteiger partial charge in [0.2, 0.25) is 11.8 Å². The number of benzene rings is 1. The average Bonchev–Trinajstić information content (AvgIpc) is 3.43. The lowest BCUT2D eigenvalue weighted by Crippen LogP contribution is -2.42. The van der Waals surface area contributed by atoms with Crippen LogP contribution >= 0.6 is 23.1 Å². The molecule has 9 heteroatoms. The van der Waals surface area contributed by atoms with Crippen molar-refractivity contribution in [1.29, 1.82) is 0 Å². The number of hydrogen-bond acceptors (Lipinski definition) is 5. The van der Waals surface area contributed by atoms with Gasteiger partial charge in [0.1, 0.15) is 18.2 Å². The Kier molecular flexibility index (Phi) is 7.14. The molecule has 0 spiro atoms. The maximum absolute atomic E-state index is 13.7. The number of nitrogens with one attached hydrogen (secondary N) is 1. The Morgan fingerprint density at radius 3 is 2.59 bits per heavy atom. The predicted octanol–water partition coefficient (Wildman–Crippen LogP) is 5.07. The molecule has 2 amide bonds. The van der Waals surface area contributed by atoms with Gasteiger partial charge in [-0.2, -0.15) is 5.10 Å². The number of aromatic nitrogens is 2. The fourth-order valence-corrected chi connectivity index (χ4v) is 6.14. The van der Waals surface area contributed by atoms with Crippen LogP contribution in [-0.2, 0) is 15.0 Å². The number of anilines is 1. The number of nitrogens with zero attached hydrogens (tertiary/aromatic N) is 3. The van der Waals surface area contributed by atoms with E-state index in [1.807, 2.05) is 18.4 Å². The summed E-state index contributed by atoms with van der Waals surface area (Å²) in [5, 5.41) is 9.78. The number of thioether (sulfide) groups is 1. The summed E-state index contributed by atoms with van der Waals surface area (Å²) in [5.74, 6) is 0.102. The number of amides is 2. The van der Waals surface area contributed by atoms with Crippen molar-refractivity contribution in [1.82, 2.24) is 15.1 Å². The second kappa shape index (κ2) is 9.92.